The Morgan fingerprint density at radius 3 is 2.63 bits per heavy atom. The van der Waals surface area contributed by atoms with Crippen LogP contribution in [0.5, 0.6) is 0 Å². The van der Waals surface area contributed by atoms with Crippen molar-refractivity contribution >= 4 is 27.3 Å². The van der Waals surface area contributed by atoms with Gasteiger partial charge in [-0.05, 0) is 30.7 Å². The van der Waals surface area contributed by atoms with Gasteiger partial charge in [0, 0.05) is 16.7 Å². The summed E-state index contributed by atoms with van der Waals surface area (Å²) < 4.78 is 0.998. The number of nitro groups is 1. The van der Waals surface area contributed by atoms with E-state index < -0.39 is 4.92 Å². The average molecular weight is 322 g/mol. The predicted octanol–water partition coefficient (Wildman–Crippen LogP) is 3.93. The Bertz CT molecular complexity index is 587. The monoisotopic (exact) mass is 321 g/mol. The molecule has 0 aliphatic heterocycles. The molecule has 0 aliphatic rings. The molecule has 5 nitrogen and oxygen atoms in total. The van der Waals surface area contributed by atoms with E-state index in [2.05, 4.69) is 26.2 Å². The zero-order chi connectivity index (χ0) is 13.8. The molecule has 1 unspecified atom stereocenters. The Balaban J connectivity index is 2.21. The van der Waals surface area contributed by atoms with E-state index in [0.717, 1.165) is 10.0 Å². The highest BCUT2D eigenvalue weighted by molar-refractivity contribution is 9.10. The molecule has 2 aromatic rings. The van der Waals surface area contributed by atoms with Crippen molar-refractivity contribution in [1.82, 2.24) is 4.98 Å². The molecule has 98 valence electrons. The molecule has 0 saturated heterocycles. The summed E-state index contributed by atoms with van der Waals surface area (Å²) in [6, 6.07) is 9.38. The first kappa shape index (κ1) is 13.5. The van der Waals surface area contributed by atoms with Gasteiger partial charge >= 0.3 is 5.69 Å². The van der Waals surface area contributed by atoms with Gasteiger partial charge < -0.3 is 5.32 Å². The lowest BCUT2D eigenvalue weighted by molar-refractivity contribution is -0.384. The van der Waals surface area contributed by atoms with E-state index in [1.54, 1.807) is 6.07 Å². The second kappa shape index (κ2) is 5.79. The van der Waals surface area contributed by atoms with Crippen LogP contribution < -0.4 is 5.32 Å². The van der Waals surface area contributed by atoms with Crippen molar-refractivity contribution in [2.75, 3.05) is 5.32 Å². The van der Waals surface area contributed by atoms with Gasteiger partial charge in [-0.2, -0.15) is 0 Å². The molecule has 19 heavy (non-hydrogen) atoms. The molecular formula is C13H12BrN3O2. The van der Waals surface area contributed by atoms with Gasteiger partial charge in [-0.25, -0.2) is 0 Å². The molecule has 0 amide bonds. The molecule has 1 heterocycles. The molecule has 0 spiro atoms. The minimum absolute atomic E-state index is 0.0218. The molecule has 1 atom stereocenters. The van der Waals surface area contributed by atoms with Crippen molar-refractivity contribution in [3.63, 3.8) is 0 Å². The van der Waals surface area contributed by atoms with Crippen LogP contribution in [0.25, 0.3) is 0 Å². The third kappa shape index (κ3) is 3.29. The van der Waals surface area contributed by atoms with E-state index in [4.69, 9.17) is 0 Å². The molecule has 0 fully saturated rings. The Kier molecular flexibility index (Phi) is 4.11. The summed E-state index contributed by atoms with van der Waals surface area (Å²) in [5.41, 5.74) is 1.50. The Morgan fingerprint density at radius 1 is 1.32 bits per heavy atom. The van der Waals surface area contributed by atoms with Gasteiger partial charge in [-0.3, -0.25) is 15.1 Å². The van der Waals surface area contributed by atoms with E-state index >= 15 is 0 Å². The van der Waals surface area contributed by atoms with E-state index in [9.17, 15) is 10.1 Å². The second-order valence-electron chi connectivity index (χ2n) is 4.07. The molecule has 0 aliphatic carbocycles. The second-order valence-corrected chi connectivity index (χ2v) is 4.98. The normalized spacial score (nSPS) is 11.9. The molecule has 0 bridgehead atoms. The largest absolute Gasteiger partial charge is 0.373 e. The molecule has 1 aromatic carbocycles. The maximum atomic E-state index is 10.9. The van der Waals surface area contributed by atoms with Gasteiger partial charge in [-0.15, -0.1) is 0 Å². The lowest BCUT2D eigenvalue weighted by Gasteiger charge is -2.15. The number of benzene rings is 1. The van der Waals surface area contributed by atoms with Gasteiger partial charge in [0.15, 0.2) is 0 Å². The first-order valence-electron chi connectivity index (χ1n) is 5.68. The summed E-state index contributed by atoms with van der Waals surface area (Å²) in [5.74, 6) is 0. The van der Waals surface area contributed by atoms with E-state index in [-0.39, 0.29) is 11.7 Å². The molecule has 1 aromatic heterocycles. The van der Waals surface area contributed by atoms with Gasteiger partial charge in [0.05, 0.1) is 4.92 Å². The summed E-state index contributed by atoms with van der Waals surface area (Å²) in [4.78, 5) is 14.2. The number of hydrogen-bond acceptors (Lipinski definition) is 4. The van der Waals surface area contributed by atoms with E-state index in [0.29, 0.717) is 5.69 Å². The highest BCUT2D eigenvalue weighted by atomic mass is 79.9. The molecule has 2 rings (SSSR count). The van der Waals surface area contributed by atoms with Crippen LogP contribution in [0, 0.1) is 10.1 Å². The first-order valence-corrected chi connectivity index (χ1v) is 6.47. The average Bonchev–Trinajstić information content (AvgIpc) is 2.39. The summed E-state index contributed by atoms with van der Waals surface area (Å²) in [6.07, 6.45) is 2.78. The zero-order valence-electron chi connectivity index (χ0n) is 10.2. The number of aromatic nitrogens is 1. The SMILES string of the molecule is CC(Nc1ccncc1[N+](=O)[O-])c1ccc(Br)cc1. The van der Waals surface area contributed by atoms with Crippen LogP contribution in [0.3, 0.4) is 0 Å². The van der Waals surface area contributed by atoms with Crippen LogP contribution >= 0.6 is 15.9 Å². The fourth-order valence-corrected chi connectivity index (χ4v) is 1.99. The standard InChI is InChI=1S/C13H12BrN3O2/c1-9(10-2-4-11(14)5-3-10)16-12-6-7-15-8-13(12)17(18)19/h2-9H,1H3,(H,15,16). The van der Waals surface area contributed by atoms with Crippen molar-refractivity contribution in [2.45, 2.75) is 13.0 Å². The number of nitrogens with one attached hydrogen (secondary N) is 1. The lowest BCUT2D eigenvalue weighted by atomic mass is 10.1. The van der Waals surface area contributed by atoms with Crippen LogP contribution in [-0.2, 0) is 0 Å². The summed E-state index contributed by atoms with van der Waals surface area (Å²) in [5, 5.41) is 14.0. The fraction of sp³-hybridized carbons (Fsp3) is 0.154. The number of nitrogens with zero attached hydrogens (tertiary/aromatic N) is 2. The third-order valence-electron chi connectivity index (χ3n) is 2.74. The van der Waals surface area contributed by atoms with Gasteiger partial charge in [0.2, 0.25) is 0 Å². The zero-order valence-corrected chi connectivity index (χ0v) is 11.8. The van der Waals surface area contributed by atoms with Crippen LogP contribution in [-0.4, -0.2) is 9.91 Å². The molecule has 1 N–H and O–H groups in total. The maximum absolute atomic E-state index is 10.9. The third-order valence-corrected chi connectivity index (χ3v) is 3.27. The first-order chi connectivity index (χ1) is 9.08. The van der Waals surface area contributed by atoms with E-state index in [1.807, 2.05) is 31.2 Å². The quantitative estimate of drug-likeness (QED) is 0.684. The Labute approximate surface area is 119 Å². The highest BCUT2D eigenvalue weighted by Gasteiger charge is 2.15. The Morgan fingerprint density at radius 2 is 2.00 bits per heavy atom. The molecule has 0 saturated carbocycles. The maximum Gasteiger partial charge on any atom is 0.310 e. The van der Waals surface area contributed by atoms with Crippen molar-refractivity contribution < 1.29 is 4.92 Å². The van der Waals surface area contributed by atoms with Crippen molar-refractivity contribution in [1.29, 1.82) is 0 Å². The van der Waals surface area contributed by atoms with Gasteiger partial charge in [-0.1, -0.05) is 28.1 Å². The van der Waals surface area contributed by atoms with Crippen molar-refractivity contribution in [3.8, 4) is 0 Å². The summed E-state index contributed by atoms with van der Waals surface area (Å²) >= 11 is 3.37. The molecule has 0 radical (unpaired) electrons. The fourth-order valence-electron chi connectivity index (χ4n) is 1.72. The van der Waals surface area contributed by atoms with Crippen LogP contribution in [0.1, 0.15) is 18.5 Å². The number of halogens is 1. The minimum Gasteiger partial charge on any atom is -0.373 e. The minimum atomic E-state index is -0.441. The summed E-state index contributed by atoms with van der Waals surface area (Å²) in [7, 11) is 0. The van der Waals surface area contributed by atoms with Gasteiger partial charge in [0.1, 0.15) is 11.9 Å². The van der Waals surface area contributed by atoms with Crippen molar-refractivity contribution in [3.05, 3.63) is 62.9 Å². The highest BCUT2D eigenvalue weighted by Crippen LogP contribution is 2.27. The van der Waals surface area contributed by atoms with Crippen LogP contribution in [0.4, 0.5) is 11.4 Å². The Hall–Kier alpha value is -1.95. The lowest BCUT2D eigenvalue weighted by Crippen LogP contribution is -2.08. The van der Waals surface area contributed by atoms with Crippen LogP contribution in [0.2, 0.25) is 0 Å². The van der Waals surface area contributed by atoms with Crippen molar-refractivity contribution in [2.24, 2.45) is 0 Å². The van der Waals surface area contributed by atoms with E-state index in [1.165, 1.54) is 12.4 Å². The predicted molar refractivity (Wildman–Crippen MR) is 77.1 cm³/mol. The molecule has 6 heteroatoms. The number of anilines is 1. The summed E-state index contributed by atoms with van der Waals surface area (Å²) in [6.45, 7) is 1.95. The van der Waals surface area contributed by atoms with Crippen LogP contribution in [0.15, 0.2) is 47.2 Å². The topological polar surface area (TPSA) is 68.1 Å². The molecular weight excluding hydrogens is 310 g/mol. The number of hydrogen-bond donors (Lipinski definition) is 1. The smallest absolute Gasteiger partial charge is 0.310 e. The number of rotatable bonds is 4. The number of pyridine rings is 1. The van der Waals surface area contributed by atoms with Gasteiger partial charge in [0.25, 0.3) is 0 Å².